The van der Waals surface area contributed by atoms with Gasteiger partial charge in [0.15, 0.2) is 5.96 Å². The quantitative estimate of drug-likeness (QED) is 0.327. The number of nitrogens with one attached hydrogen (secondary N) is 2. The predicted molar refractivity (Wildman–Crippen MR) is 139 cm³/mol. The van der Waals surface area contributed by atoms with Crippen molar-refractivity contribution in [1.29, 1.82) is 0 Å². The minimum absolute atomic E-state index is 0. The molecule has 2 aromatic carbocycles. The van der Waals surface area contributed by atoms with E-state index >= 15 is 0 Å². The normalized spacial score (nSPS) is 14.0. The van der Waals surface area contributed by atoms with Crippen molar-refractivity contribution < 1.29 is 4.79 Å². The van der Waals surface area contributed by atoms with E-state index in [0.717, 1.165) is 56.0 Å². The third-order valence-electron chi connectivity index (χ3n) is 5.52. The lowest BCUT2D eigenvalue weighted by Crippen LogP contribution is -2.38. The summed E-state index contributed by atoms with van der Waals surface area (Å²) >= 11 is 0. The Kier molecular flexibility index (Phi) is 10.3. The highest BCUT2D eigenvalue weighted by Gasteiger charge is 2.17. The zero-order valence-corrected chi connectivity index (χ0v) is 21.2. The van der Waals surface area contributed by atoms with Crippen LogP contribution in [0.5, 0.6) is 0 Å². The second-order valence-corrected chi connectivity index (χ2v) is 8.15. The summed E-state index contributed by atoms with van der Waals surface area (Å²) in [5.41, 5.74) is 5.84. The third kappa shape index (κ3) is 7.83. The van der Waals surface area contributed by atoms with Crippen LogP contribution in [0.4, 0.5) is 0 Å². The smallest absolute Gasteiger partial charge is 0.253 e. The number of nitrogens with zero attached hydrogens (tertiary/aromatic N) is 2. The molecule has 31 heavy (non-hydrogen) atoms. The number of rotatable bonds is 6. The van der Waals surface area contributed by atoms with Gasteiger partial charge >= 0.3 is 0 Å². The van der Waals surface area contributed by atoms with Crippen LogP contribution >= 0.6 is 24.0 Å². The number of hydrogen-bond donors (Lipinski definition) is 2. The summed E-state index contributed by atoms with van der Waals surface area (Å²) in [6, 6.07) is 14.6. The van der Waals surface area contributed by atoms with Gasteiger partial charge in [0.25, 0.3) is 5.91 Å². The fourth-order valence-corrected chi connectivity index (χ4v) is 3.99. The number of likely N-dealkylation sites (tertiary alicyclic amines) is 1. The minimum Gasteiger partial charge on any atom is -0.356 e. The molecule has 0 spiro atoms. The fraction of sp³-hybridized carbons (Fsp3) is 0.440. The van der Waals surface area contributed by atoms with Gasteiger partial charge in [0.2, 0.25) is 0 Å². The molecule has 3 rings (SSSR count). The van der Waals surface area contributed by atoms with Crippen LogP contribution in [-0.2, 0) is 13.0 Å². The molecule has 1 saturated heterocycles. The Bertz CT molecular complexity index is 853. The number of benzene rings is 2. The van der Waals surface area contributed by atoms with Crippen molar-refractivity contribution in [1.82, 2.24) is 15.5 Å². The molecular formula is C25H35IN4O. The second kappa shape index (κ2) is 12.7. The first-order valence-electron chi connectivity index (χ1n) is 10.9. The molecule has 6 heteroatoms. The summed E-state index contributed by atoms with van der Waals surface area (Å²) in [6.45, 7) is 7.53. The van der Waals surface area contributed by atoms with Crippen molar-refractivity contribution in [3.05, 3.63) is 70.3 Å². The maximum absolute atomic E-state index is 12.6. The highest BCUT2D eigenvalue weighted by molar-refractivity contribution is 14.0. The summed E-state index contributed by atoms with van der Waals surface area (Å²) in [7, 11) is 1.78. The highest BCUT2D eigenvalue weighted by Crippen LogP contribution is 2.14. The molecule has 1 aliphatic rings. The average molecular weight is 534 g/mol. The topological polar surface area (TPSA) is 56.7 Å². The van der Waals surface area contributed by atoms with Crippen LogP contribution in [0, 0.1) is 13.8 Å². The molecule has 2 N–H and O–H groups in total. The first-order valence-corrected chi connectivity index (χ1v) is 10.9. The predicted octanol–water partition coefficient (Wildman–Crippen LogP) is 4.46. The molecule has 1 aliphatic heterocycles. The molecule has 0 unspecified atom stereocenters. The summed E-state index contributed by atoms with van der Waals surface area (Å²) in [6.07, 6.45) is 4.41. The molecule has 0 radical (unpaired) electrons. The SMILES string of the molecule is CN=C(NCCc1cc(C)cc(C)c1)NCc1ccc(C(=O)N2CCCCC2)cc1.I. The lowest BCUT2D eigenvalue weighted by molar-refractivity contribution is 0.0724. The molecule has 1 amide bonds. The van der Waals surface area contributed by atoms with E-state index in [2.05, 4.69) is 47.7 Å². The van der Waals surface area contributed by atoms with E-state index in [1.165, 1.54) is 23.1 Å². The van der Waals surface area contributed by atoms with Gasteiger partial charge in [-0.1, -0.05) is 41.5 Å². The van der Waals surface area contributed by atoms with E-state index in [0.29, 0.717) is 6.54 Å². The van der Waals surface area contributed by atoms with E-state index in [1.807, 2.05) is 29.2 Å². The van der Waals surface area contributed by atoms with Crippen LogP contribution in [0.1, 0.15) is 51.9 Å². The number of aliphatic imine (C=N–C) groups is 1. The van der Waals surface area contributed by atoms with Crippen LogP contribution < -0.4 is 10.6 Å². The van der Waals surface area contributed by atoms with E-state index in [9.17, 15) is 4.79 Å². The van der Waals surface area contributed by atoms with Gasteiger partial charge in [-0.2, -0.15) is 0 Å². The molecule has 5 nitrogen and oxygen atoms in total. The van der Waals surface area contributed by atoms with Gasteiger partial charge in [-0.3, -0.25) is 9.79 Å². The fourth-order valence-electron chi connectivity index (χ4n) is 3.99. The number of guanidine groups is 1. The number of carbonyl (C=O) groups is 1. The maximum Gasteiger partial charge on any atom is 0.253 e. The van der Waals surface area contributed by atoms with Crippen LogP contribution in [0.25, 0.3) is 0 Å². The molecule has 168 valence electrons. The standard InChI is InChI=1S/C25H34N4O.HI/c1-19-15-20(2)17-22(16-19)11-12-27-25(26-3)28-18-21-7-9-23(10-8-21)24(30)29-13-5-4-6-14-29;/h7-10,15-17H,4-6,11-14,18H2,1-3H3,(H2,26,27,28);1H. The Labute approximate surface area is 203 Å². The van der Waals surface area contributed by atoms with Gasteiger partial charge in [0.05, 0.1) is 0 Å². The number of carbonyl (C=O) groups excluding carboxylic acids is 1. The Morgan fingerprint density at radius 1 is 0.935 bits per heavy atom. The summed E-state index contributed by atoms with van der Waals surface area (Å²) < 4.78 is 0. The summed E-state index contributed by atoms with van der Waals surface area (Å²) in [5, 5.41) is 6.73. The zero-order valence-electron chi connectivity index (χ0n) is 18.9. The van der Waals surface area contributed by atoms with Gasteiger partial charge in [-0.15, -0.1) is 24.0 Å². The summed E-state index contributed by atoms with van der Waals surface area (Å²) in [5.74, 6) is 0.936. The van der Waals surface area contributed by atoms with Gasteiger partial charge in [-0.05, 0) is 62.8 Å². The third-order valence-corrected chi connectivity index (χ3v) is 5.52. The molecule has 1 heterocycles. The molecule has 0 aromatic heterocycles. The Morgan fingerprint density at radius 2 is 1.58 bits per heavy atom. The van der Waals surface area contributed by atoms with Crippen molar-refractivity contribution in [2.75, 3.05) is 26.7 Å². The lowest BCUT2D eigenvalue weighted by atomic mass is 10.1. The van der Waals surface area contributed by atoms with Crippen LogP contribution in [0.3, 0.4) is 0 Å². The van der Waals surface area contributed by atoms with Crippen LogP contribution in [0.15, 0.2) is 47.5 Å². The van der Waals surface area contributed by atoms with Crippen molar-refractivity contribution in [3.63, 3.8) is 0 Å². The number of halogens is 1. The van der Waals surface area contributed by atoms with Crippen molar-refractivity contribution in [2.45, 2.75) is 46.1 Å². The molecule has 0 atom stereocenters. The first kappa shape index (κ1) is 25.2. The Morgan fingerprint density at radius 3 is 2.19 bits per heavy atom. The molecule has 0 bridgehead atoms. The van der Waals surface area contributed by atoms with Crippen molar-refractivity contribution >= 4 is 35.8 Å². The number of hydrogen-bond acceptors (Lipinski definition) is 2. The maximum atomic E-state index is 12.6. The molecule has 1 fully saturated rings. The Hall–Kier alpha value is -2.09. The number of piperidine rings is 1. The highest BCUT2D eigenvalue weighted by atomic mass is 127. The zero-order chi connectivity index (χ0) is 21.3. The number of aryl methyl sites for hydroxylation is 2. The van der Waals surface area contributed by atoms with E-state index < -0.39 is 0 Å². The monoisotopic (exact) mass is 534 g/mol. The molecular weight excluding hydrogens is 499 g/mol. The van der Waals surface area contributed by atoms with Crippen molar-refractivity contribution in [3.8, 4) is 0 Å². The van der Waals surface area contributed by atoms with Crippen LogP contribution in [0.2, 0.25) is 0 Å². The Balaban J connectivity index is 0.00000341. The van der Waals surface area contributed by atoms with Gasteiger partial charge in [0, 0.05) is 38.8 Å². The average Bonchev–Trinajstić information content (AvgIpc) is 2.76. The molecule has 2 aromatic rings. The molecule has 0 aliphatic carbocycles. The lowest BCUT2D eigenvalue weighted by Gasteiger charge is -2.26. The van der Waals surface area contributed by atoms with Gasteiger partial charge in [-0.25, -0.2) is 0 Å². The van der Waals surface area contributed by atoms with E-state index in [-0.39, 0.29) is 29.9 Å². The first-order chi connectivity index (χ1) is 14.5. The van der Waals surface area contributed by atoms with Crippen LogP contribution in [-0.4, -0.2) is 43.4 Å². The van der Waals surface area contributed by atoms with E-state index in [4.69, 9.17) is 0 Å². The van der Waals surface area contributed by atoms with Gasteiger partial charge < -0.3 is 15.5 Å². The number of amides is 1. The second-order valence-electron chi connectivity index (χ2n) is 8.15. The van der Waals surface area contributed by atoms with Gasteiger partial charge in [0.1, 0.15) is 0 Å². The van der Waals surface area contributed by atoms with E-state index in [1.54, 1.807) is 7.05 Å². The molecule has 0 saturated carbocycles. The summed E-state index contributed by atoms with van der Waals surface area (Å²) in [4.78, 5) is 18.9. The largest absolute Gasteiger partial charge is 0.356 e. The minimum atomic E-state index is 0. The van der Waals surface area contributed by atoms with Crippen molar-refractivity contribution in [2.24, 2.45) is 4.99 Å².